The minimum atomic E-state index is -0.498. The van der Waals surface area contributed by atoms with Gasteiger partial charge in [0, 0.05) is 0 Å². The molecule has 0 aromatic carbocycles. The van der Waals surface area contributed by atoms with Gasteiger partial charge in [0.15, 0.2) is 5.69 Å². The molecule has 0 atom stereocenters. The molecule has 0 spiro atoms. The molecule has 0 unspecified atom stereocenters. The summed E-state index contributed by atoms with van der Waals surface area (Å²) in [6.45, 7) is 3.76. The van der Waals surface area contributed by atoms with Crippen LogP contribution in [-0.2, 0) is 4.74 Å². The summed E-state index contributed by atoms with van der Waals surface area (Å²) in [6, 6.07) is 1.46. The van der Waals surface area contributed by atoms with Crippen LogP contribution < -0.4 is 5.73 Å². The second-order valence-corrected chi connectivity index (χ2v) is 2.49. The number of esters is 1. The van der Waals surface area contributed by atoms with Gasteiger partial charge in [-0.05, 0) is 19.9 Å². The van der Waals surface area contributed by atoms with Crippen LogP contribution in [0.15, 0.2) is 6.07 Å². The molecular weight excluding hydrogens is 170 g/mol. The number of nitrogen functional groups attached to an aromatic ring is 1. The lowest BCUT2D eigenvalue weighted by Crippen LogP contribution is -2.09. The first-order valence-electron chi connectivity index (χ1n) is 3.92. The summed E-state index contributed by atoms with van der Waals surface area (Å²) in [5.41, 5.74) is 6.74. The summed E-state index contributed by atoms with van der Waals surface area (Å²) in [5, 5.41) is 7.36. The van der Waals surface area contributed by atoms with Crippen molar-refractivity contribution in [2.45, 2.75) is 13.8 Å². The summed E-state index contributed by atoms with van der Waals surface area (Å²) in [6.07, 6.45) is 0. The normalized spacial score (nSPS) is 9.69. The Morgan fingerprint density at radius 2 is 2.31 bits per heavy atom. The summed E-state index contributed by atoms with van der Waals surface area (Å²) in [7, 11) is 0. The van der Waals surface area contributed by atoms with E-state index in [-0.39, 0.29) is 5.69 Å². The average Bonchev–Trinajstić information content (AvgIpc) is 2.10. The number of hydrogen-bond acceptors (Lipinski definition) is 5. The van der Waals surface area contributed by atoms with Gasteiger partial charge in [-0.1, -0.05) is 0 Å². The van der Waals surface area contributed by atoms with E-state index in [1.165, 1.54) is 6.07 Å². The third-order valence-corrected chi connectivity index (χ3v) is 1.50. The zero-order valence-electron chi connectivity index (χ0n) is 7.57. The molecule has 1 aromatic rings. The lowest BCUT2D eigenvalue weighted by molar-refractivity contribution is 0.0518. The predicted molar refractivity (Wildman–Crippen MR) is 47.1 cm³/mol. The SMILES string of the molecule is CCOC(=O)c1cc(N)c(C)nn1. The van der Waals surface area contributed by atoms with E-state index < -0.39 is 5.97 Å². The second kappa shape index (κ2) is 3.84. The van der Waals surface area contributed by atoms with Crippen molar-refractivity contribution in [2.24, 2.45) is 0 Å². The van der Waals surface area contributed by atoms with Gasteiger partial charge in [-0.3, -0.25) is 0 Å². The Morgan fingerprint density at radius 1 is 1.62 bits per heavy atom. The highest BCUT2D eigenvalue weighted by Gasteiger charge is 2.09. The Labute approximate surface area is 75.9 Å². The molecule has 0 fully saturated rings. The van der Waals surface area contributed by atoms with Crippen molar-refractivity contribution in [1.82, 2.24) is 10.2 Å². The van der Waals surface area contributed by atoms with Gasteiger partial charge in [-0.25, -0.2) is 4.79 Å². The van der Waals surface area contributed by atoms with E-state index in [0.29, 0.717) is 18.0 Å². The minimum Gasteiger partial charge on any atom is -0.461 e. The Bertz CT molecular complexity index is 325. The third kappa shape index (κ3) is 2.14. The number of carbonyl (C=O) groups is 1. The maximum atomic E-state index is 11.1. The lowest BCUT2D eigenvalue weighted by atomic mass is 10.3. The van der Waals surface area contributed by atoms with Crippen LogP contribution in [0.3, 0.4) is 0 Å². The molecule has 5 nitrogen and oxygen atoms in total. The molecule has 0 aliphatic rings. The van der Waals surface area contributed by atoms with Gasteiger partial charge in [0.1, 0.15) is 0 Å². The van der Waals surface area contributed by atoms with Crippen LogP contribution in [-0.4, -0.2) is 22.8 Å². The number of nitrogens with two attached hydrogens (primary N) is 1. The van der Waals surface area contributed by atoms with E-state index in [9.17, 15) is 4.79 Å². The van der Waals surface area contributed by atoms with Gasteiger partial charge in [0.05, 0.1) is 18.0 Å². The van der Waals surface area contributed by atoms with Crippen LogP contribution in [0.4, 0.5) is 5.69 Å². The van der Waals surface area contributed by atoms with Gasteiger partial charge < -0.3 is 10.5 Å². The average molecular weight is 181 g/mol. The highest BCUT2D eigenvalue weighted by Crippen LogP contribution is 2.07. The van der Waals surface area contributed by atoms with E-state index in [2.05, 4.69) is 10.2 Å². The number of hydrogen-bond donors (Lipinski definition) is 1. The zero-order valence-corrected chi connectivity index (χ0v) is 7.57. The van der Waals surface area contributed by atoms with Gasteiger partial charge in [-0.2, -0.15) is 5.10 Å². The smallest absolute Gasteiger partial charge is 0.358 e. The zero-order chi connectivity index (χ0) is 9.84. The van der Waals surface area contributed by atoms with Crippen molar-refractivity contribution in [3.8, 4) is 0 Å². The molecule has 70 valence electrons. The van der Waals surface area contributed by atoms with Crippen LogP contribution in [0.1, 0.15) is 23.1 Å². The van der Waals surface area contributed by atoms with E-state index in [0.717, 1.165) is 0 Å². The van der Waals surface area contributed by atoms with Crippen LogP contribution >= 0.6 is 0 Å². The first-order chi connectivity index (χ1) is 6.15. The molecule has 5 heteroatoms. The highest BCUT2D eigenvalue weighted by molar-refractivity contribution is 5.87. The Kier molecular flexibility index (Phi) is 2.79. The second-order valence-electron chi connectivity index (χ2n) is 2.49. The molecule has 2 N–H and O–H groups in total. The van der Waals surface area contributed by atoms with Crippen LogP contribution in [0, 0.1) is 6.92 Å². The highest BCUT2D eigenvalue weighted by atomic mass is 16.5. The van der Waals surface area contributed by atoms with Crippen molar-refractivity contribution in [3.63, 3.8) is 0 Å². The van der Waals surface area contributed by atoms with Gasteiger partial charge in [0.2, 0.25) is 0 Å². The molecule has 0 saturated carbocycles. The molecule has 1 rings (SSSR count). The summed E-state index contributed by atoms with van der Waals surface area (Å²) in [5.74, 6) is -0.498. The predicted octanol–water partition coefficient (Wildman–Crippen LogP) is 0.544. The fourth-order valence-electron chi connectivity index (χ4n) is 0.772. The van der Waals surface area contributed by atoms with E-state index in [1.54, 1.807) is 13.8 Å². The molecular formula is C8H11N3O2. The first kappa shape index (κ1) is 9.44. The molecule has 0 bridgehead atoms. The largest absolute Gasteiger partial charge is 0.461 e. The number of nitrogens with zero attached hydrogens (tertiary/aromatic N) is 2. The fraction of sp³-hybridized carbons (Fsp3) is 0.375. The summed E-state index contributed by atoms with van der Waals surface area (Å²) < 4.78 is 4.73. The monoisotopic (exact) mass is 181 g/mol. The van der Waals surface area contributed by atoms with Crippen molar-refractivity contribution in [1.29, 1.82) is 0 Å². The van der Waals surface area contributed by atoms with E-state index in [4.69, 9.17) is 10.5 Å². The summed E-state index contributed by atoms with van der Waals surface area (Å²) >= 11 is 0. The number of carbonyl (C=O) groups excluding carboxylic acids is 1. The molecule has 0 radical (unpaired) electrons. The first-order valence-corrected chi connectivity index (χ1v) is 3.92. The van der Waals surface area contributed by atoms with Crippen molar-refractivity contribution < 1.29 is 9.53 Å². The molecule has 13 heavy (non-hydrogen) atoms. The van der Waals surface area contributed by atoms with E-state index in [1.807, 2.05) is 0 Å². The molecule has 0 saturated heterocycles. The number of anilines is 1. The number of ether oxygens (including phenoxy) is 1. The van der Waals surface area contributed by atoms with Crippen LogP contribution in [0.25, 0.3) is 0 Å². The van der Waals surface area contributed by atoms with Crippen molar-refractivity contribution in [2.75, 3.05) is 12.3 Å². The van der Waals surface area contributed by atoms with Crippen LogP contribution in [0.5, 0.6) is 0 Å². The molecule has 0 aliphatic heterocycles. The Morgan fingerprint density at radius 3 is 2.85 bits per heavy atom. The maximum absolute atomic E-state index is 11.1. The Hall–Kier alpha value is -1.65. The van der Waals surface area contributed by atoms with Crippen molar-refractivity contribution in [3.05, 3.63) is 17.5 Å². The van der Waals surface area contributed by atoms with Crippen molar-refractivity contribution >= 4 is 11.7 Å². The van der Waals surface area contributed by atoms with Crippen LogP contribution in [0.2, 0.25) is 0 Å². The fourth-order valence-corrected chi connectivity index (χ4v) is 0.772. The quantitative estimate of drug-likeness (QED) is 0.674. The molecule has 1 heterocycles. The number of aryl methyl sites for hydroxylation is 1. The van der Waals surface area contributed by atoms with Gasteiger partial charge in [-0.15, -0.1) is 5.10 Å². The summed E-state index contributed by atoms with van der Waals surface area (Å²) in [4.78, 5) is 11.1. The maximum Gasteiger partial charge on any atom is 0.358 e. The Balaban J connectivity index is 2.90. The number of rotatable bonds is 2. The van der Waals surface area contributed by atoms with Gasteiger partial charge in [0.25, 0.3) is 0 Å². The minimum absolute atomic E-state index is 0.143. The molecule has 1 aromatic heterocycles. The third-order valence-electron chi connectivity index (χ3n) is 1.50. The van der Waals surface area contributed by atoms with Gasteiger partial charge >= 0.3 is 5.97 Å². The van der Waals surface area contributed by atoms with E-state index >= 15 is 0 Å². The lowest BCUT2D eigenvalue weighted by Gasteiger charge is -2.01. The number of aromatic nitrogens is 2. The standard InChI is InChI=1S/C8H11N3O2/c1-3-13-8(12)7-4-6(9)5(2)10-11-7/h4H,3H2,1-2H3,(H2,9,11). The molecule has 0 aliphatic carbocycles. The molecule has 0 amide bonds. The topological polar surface area (TPSA) is 78.1 Å².